The zero-order chi connectivity index (χ0) is 15.2. The summed E-state index contributed by atoms with van der Waals surface area (Å²) in [6.45, 7) is 3.88. The number of benzene rings is 2. The summed E-state index contributed by atoms with van der Waals surface area (Å²) >= 11 is 7.59. The Labute approximate surface area is 134 Å². The Hall–Kier alpha value is -1.45. The van der Waals surface area contributed by atoms with Crippen LogP contribution in [-0.2, 0) is 4.79 Å². The van der Waals surface area contributed by atoms with Crippen molar-refractivity contribution in [3.63, 3.8) is 0 Å². The standard InChI is InChI=1S/C17H18ClNOS/c1-12(14-8-4-3-5-9-14)19-17(20)13(2)21-16-11-7-6-10-15(16)18/h3-13H,1-2H3,(H,19,20). The van der Waals surface area contributed by atoms with Crippen molar-refractivity contribution in [1.82, 2.24) is 5.32 Å². The second-order valence-corrected chi connectivity index (χ2v) is 6.62. The molecule has 2 atom stereocenters. The van der Waals surface area contributed by atoms with E-state index in [4.69, 9.17) is 11.6 Å². The van der Waals surface area contributed by atoms with Gasteiger partial charge in [-0.25, -0.2) is 0 Å². The van der Waals surface area contributed by atoms with E-state index < -0.39 is 0 Å². The van der Waals surface area contributed by atoms with Crippen LogP contribution < -0.4 is 5.32 Å². The van der Waals surface area contributed by atoms with Crippen molar-refractivity contribution in [2.75, 3.05) is 0 Å². The first kappa shape index (κ1) is 15.9. The summed E-state index contributed by atoms with van der Waals surface area (Å²) in [6, 6.07) is 17.5. The maximum atomic E-state index is 12.3. The molecule has 1 amide bonds. The normalized spacial score (nSPS) is 13.5. The molecule has 0 aliphatic carbocycles. The van der Waals surface area contributed by atoms with Gasteiger partial charge in [-0.1, -0.05) is 54.1 Å². The fraction of sp³-hybridized carbons (Fsp3) is 0.235. The number of hydrogen-bond donors (Lipinski definition) is 1. The largest absolute Gasteiger partial charge is 0.349 e. The van der Waals surface area contributed by atoms with Crippen LogP contribution in [0.3, 0.4) is 0 Å². The Balaban J connectivity index is 1.95. The predicted octanol–water partition coefficient (Wildman–Crippen LogP) is 4.70. The zero-order valence-electron chi connectivity index (χ0n) is 12.0. The fourth-order valence-corrected chi connectivity index (χ4v) is 3.10. The number of carbonyl (C=O) groups is 1. The van der Waals surface area contributed by atoms with Gasteiger partial charge in [0.05, 0.1) is 16.3 Å². The molecule has 0 aliphatic heterocycles. The van der Waals surface area contributed by atoms with Crippen molar-refractivity contribution >= 4 is 29.3 Å². The van der Waals surface area contributed by atoms with Gasteiger partial charge in [-0.2, -0.15) is 0 Å². The summed E-state index contributed by atoms with van der Waals surface area (Å²) in [5.41, 5.74) is 1.10. The highest BCUT2D eigenvalue weighted by Gasteiger charge is 2.18. The van der Waals surface area contributed by atoms with Crippen molar-refractivity contribution in [2.24, 2.45) is 0 Å². The van der Waals surface area contributed by atoms with Crippen LogP contribution in [-0.4, -0.2) is 11.2 Å². The highest BCUT2D eigenvalue weighted by molar-refractivity contribution is 8.00. The molecule has 2 aromatic carbocycles. The average molecular weight is 320 g/mol. The molecular weight excluding hydrogens is 302 g/mol. The molecule has 0 spiro atoms. The Morgan fingerprint density at radius 2 is 1.67 bits per heavy atom. The molecule has 4 heteroatoms. The number of carbonyl (C=O) groups excluding carboxylic acids is 1. The van der Waals surface area contributed by atoms with E-state index in [0.717, 1.165) is 10.5 Å². The molecule has 2 rings (SSSR count). The predicted molar refractivity (Wildman–Crippen MR) is 89.8 cm³/mol. The van der Waals surface area contributed by atoms with Crippen LogP contribution in [0.1, 0.15) is 25.5 Å². The third kappa shape index (κ3) is 4.51. The lowest BCUT2D eigenvalue weighted by Gasteiger charge is -2.18. The highest BCUT2D eigenvalue weighted by atomic mass is 35.5. The van der Waals surface area contributed by atoms with Gasteiger partial charge in [-0.3, -0.25) is 4.79 Å². The second kappa shape index (κ2) is 7.53. The van der Waals surface area contributed by atoms with Gasteiger partial charge in [0, 0.05) is 4.90 Å². The van der Waals surface area contributed by atoms with Crippen LogP contribution in [0.15, 0.2) is 59.5 Å². The minimum absolute atomic E-state index is 0.00649. The summed E-state index contributed by atoms with van der Waals surface area (Å²) < 4.78 is 0. The van der Waals surface area contributed by atoms with Gasteiger partial charge < -0.3 is 5.32 Å². The van der Waals surface area contributed by atoms with Gasteiger partial charge in [0.2, 0.25) is 5.91 Å². The smallest absolute Gasteiger partial charge is 0.233 e. The zero-order valence-corrected chi connectivity index (χ0v) is 13.6. The van der Waals surface area contributed by atoms with E-state index in [2.05, 4.69) is 5.32 Å². The fourth-order valence-electron chi connectivity index (χ4n) is 1.94. The molecule has 0 heterocycles. The quantitative estimate of drug-likeness (QED) is 0.809. The van der Waals surface area contributed by atoms with E-state index in [1.807, 2.05) is 68.4 Å². The SMILES string of the molecule is CC(Sc1ccccc1Cl)C(=O)NC(C)c1ccccc1. The summed E-state index contributed by atoms with van der Waals surface area (Å²) in [5.74, 6) is 0.0104. The van der Waals surface area contributed by atoms with E-state index in [1.54, 1.807) is 0 Å². The number of halogens is 1. The number of nitrogens with one attached hydrogen (secondary N) is 1. The van der Waals surface area contributed by atoms with Crippen molar-refractivity contribution in [1.29, 1.82) is 0 Å². The summed E-state index contributed by atoms with van der Waals surface area (Å²) in [4.78, 5) is 13.2. The lowest BCUT2D eigenvalue weighted by Crippen LogP contribution is -2.33. The Morgan fingerprint density at radius 1 is 1.05 bits per heavy atom. The third-order valence-electron chi connectivity index (χ3n) is 3.17. The number of thioether (sulfide) groups is 1. The van der Waals surface area contributed by atoms with E-state index in [0.29, 0.717) is 5.02 Å². The molecule has 0 saturated carbocycles. The van der Waals surface area contributed by atoms with Crippen molar-refractivity contribution in [3.05, 3.63) is 65.2 Å². The van der Waals surface area contributed by atoms with Crippen LogP contribution in [0, 0.1) is 0 Å². The van der Waals surface area contributed by atoms with E-state index in [1.165, 1.54) is 11.8 Å². The van der Waals surface area contributed by atoms with Gasteiger partial charge in [-0.05, 0) is 31.5 Å². The van der Waals surface area contributed by atoms with E-state index in [9.17, 15) is 4.79 Å². The molecule has 1 N–H and O–H groups in total. The Kier molecular flexibility index (Phi) is 5.71. The second-order valence-electron chi connectivity index (χ2n) is 4.83. The first-order valence-electron chi connectivity index (χ1n) is 6.84. The molecule has 0 fully saturated rings. The minimum atomic E-state index is -0.198. The van der Waals surface area contributed by atoms with E-state index in [-0.39, 0.29) is 17.2 Å². The van der Waals surface area contributed by atoms with Crippen LogP contribution in [0.2, 0.25) is 5.02 Å². The van der Waals surface area contributed by atoms with E-state index >= 15 is 0 Å². The van der Waals surface area contributed by atoms with Crippen LogP contribution in [0.25, 0.3) is 0 Å². The highest BCUT2D eigenvalue weighted by Crippen LogP contribution is 2.30. The van der Waals surface area contributed by atoms with Gasteiger partial charge in [-0.15, -0.1) is 11.8 Å². The van der Waals surface area contributed by atoms with Crippen LogP contribution in [0.5, 0.6) is 0 Å². The molecule has 0 saturated heterocycles. The molecule has 0 bridgehead atoms. The number of amides is 1. The van der Waals surface area contributed by atoms with Gasteiger partial charge in [0.25, 0.3) is 0 Å². The number of hydrogen-bond acceptors (Lipinski definition) is 2. The van der Waals surface area contributed by atoms with Gasteiger partial charge >= 0.3 is 0 Å². The van der Waals surface area contributed by atoms with Crippen molar-refractivity contribution in [3.8, 4) is 0 Å². The minimum Gasteiger partial charge on any atom is -0.349 e. The molecule has 2 aromatic rings. The van der Waals surface area contributed by atoms with Crippen LogP contribution >= 0.6 is 23.4 Å². The van der Waals surface area contributed by atoms with Crippen molar-refractivity contribution < 1.29 is 4.79 Å². The summed E-state index contributed by atoms with van der Waals surface area (Å²) in [7, 11) is 0. The summed E-state index contributed by atoms with van der Waals surface area (Å²) in [5, 5.41) is 3.51. The Bertz CT molecular complexity index is 603. The first-order chi connectivity index (χ1) is 10.1. The number of rotatable bonds is 5. The molecular formula is C17H18ClNOS. The van der Waals surface area contributed by atoms with Gasteiger partial charge in [0.15, 0.2) is 0 Å². The average Bonchev–Trinajstić information content (AvgIpc) is 2.50. The monoisotopic (exact) mass is 319 g/mol. The molecule has 21 heavy (non-hydrogen) atoms. The molecule has 0 aromatic heterocycles. The maximum absolute atomic E-state index is 12.3. The summed E-state index contributed by atoms with van der Waals surface area (Å²) in [6.07, 6.45) is 0. The van der Waals surface area contributed by atoms with Crippen LogP contribution in [0.4, 0.5) is 0 Å². The Morgan fingerprint density at radius 3 is 2.33 bits per heavy atom. The lowest BCUT2D eigenvalue weighted by atomic mass is 10.1. The lowest BCUT2D eigenvalue weighted by molar-refractivity contribution is -0.120. The molecule has 2 unspecified atom stereocenters. The maximum Gasteiger partial charge on any atom is 0.233 e. The first-order valence-corrected chi connectivity index (χ1v) is 8.10. The molecule has 110 valence electrons. The van der Waals surface area contributed by atoms with Gasteiger partial charge in [0.1, 0.15) is 0 Å². The third-order valence-corrected chi connectivity index (χ3v) is 4.79. The topological polar surface area (TPSA) is 29.1 Å². The molecule has 0 aliphatic rings. The molecule has 2 nitrogen and oxygen atoms in total. The molecule has 0 radical (unpaired) electrons. The van der Waals surface area contributed by atoms with Crippen molar-refractivity contribution in [2.45, 2.75) is 30.0 Å².